The van der Waals surface area contributed by atoms with Gasteiger partial charge in [-0.05, 0) is 12.3 Å². The van der Waals surface area contributed by atoms with Crippen LogP contribution >= 0.6 is 0 Å². The van der Waals surface area contributed by atoms with Crippen LogP contribution in [0.15, 0.2) is 0 Å². The summed E-state index contributed by atoms with van der Waals surface area (Å²) in [5, 5.41) is 2.85. The summed E-state index contributed by atoms with van der Waals surface area (Å²) in [6, 6.07) is -0.240. The van der Waals surface area contributed by atoms with E-state index in [1.54, 1.807) is 7.11 Å². The first-order valence-corrected chi connectivity index (χ1v) is 7.41. The molecule has 5 heteroatoms. The van der Waals surface area contributed by atoms with Gasteiger partial charge in [0.25, 0.3) is 0 Å². The van der Waals surface area contributed by atoms with Crippen LogP contribution in [-0.4, -0.2) is 48.6 Å². The Morgan fingerprint density at radius 1 is 1.35 bits per heavy atom. The summed E-state index contributed by atoms with van der Waals surface area (Å²) in [5.41, 5.74) is -0.0562. The predicted molar refractivity (Wildman–Crippen MR) is 76.1 cm³/mol. The predicted octanol–water partition coefficient (Wildman–Crippen LogP) is 1.17. The molecule has 114 valence electrons. The molecule has 2 fully saturated rings. The molecule has 1 aliphatic heterocycles. The number of nitrogens with zero attached hydrogens (tertiary/aromatic N) is 1. The zero-order chi connectivity index (χ0) is 15.1. The summed E-state index contributed by atoms with van der Waals surface area (Å²) in [6.07, 6.45) is 1.43. The number of carbonyl (C=O) groups excluding carboxylic acids is 2. The van der Waals surface area contributed by atoms with Gasteiger partial charge in [0.2, 0.25) is 11.8 Å². The standard InChI is InChI=1S/C15H26N2O3/c1-9(2)13-14(19)17(7-6-12(18)16-13)10-8-11(20-5)15(10,3)4/h9-11,13H,6-8H2,1-5H3,(H,16,18). The lowest BCUT2D eigenvalue weighted by atomic mass is 9.63. The Morgan fingerprint density at radius 3 is 2.50 bits per heavy atom. The zero-order valence-electron chi connectivity index (χ0n) is 13.1. The van der Waals surface area contributed by atoms with E-state index in [1.807, 2.05) is 18.7 Å². The molecule has 0 bridgehead atoms. The number of amides is 2. The second kappa shape index (κ2) is 5.35. The van der Waals surface area contributed by atoms with E-state index in [1.165, 1.54) is 0 Å². The Hall–Kier alpha value is -1.10. The van der Waals surface area contributed by atoms with Gasteiger partial charge < -0.3 is 15.0 Å². The van der Waals surface area contributed by atoms with E-state index in [2.05, 4.69) is 19.2 Å². The Balaban J connectivity index is 2.19. The number of hydrogen-bond acceptors (Lipinski definition) is 3. The summed E-state index contributed by atoms with van der Waals surface area (Å²) in [7, 11) is 1.72. The van der Waals surface area contributed by atoms with Gasteiger partial charge in [-0.2, -0.15) is 0 Å². The van der Waals surface area contributed by atoms with Crippen LogP contribution in [0.5, 0.6) is 0 Å². The second-order valence-electron chi connectivity index (χ2n) is 6.87. The molecule has 1 aliphatic carbocycles. The van der Waals surface area contributed by atoms with Crippen molar-refractivity contribution < 1.29 is 14.3 Å². The fourth-order valence-corrected chi connectivity index (χ4v) is 3.37. The minimum atomic E-state index is -0.401. The van der Waals surface area contributed by atoms with Crippen LogP contribution in [0.25, 0.3) is 0 Å². The molecule has 5 nitrogen and oxygen atoms in total. The topological polar surface area (TPSA) is 58.6 Å². The van der Waals surface area contributed by atoms with Crippen molar-refractivity contribution in [2.45, 2.75) is 58.7 Å². The molecule has 3 unspecified atom stereocenters. The average Bonchev–Trinajstić information content (AvgIpc) is 2.50. The lowest BCUT2D eigenvalue weighted by Crippen LogP contribution is -2.64. The van der Waals surface area contributed by atoms with E-state index in [9.17, 15) is 9.59 Å². The van der Waals surface area contributed by atoms with Crippen LogP contribution in [0.1, 0.15) is 40.5 Å². The van der Waals surface area contributed by atoms with Crippen LogP contribution in [0, 0.1) is 11.3 Å². The Kier molecular flexibility index (Phi) is 4.09. The first-order chi connectivity index (χ1) is 9.28. The van der Waals surface area contributed by atoms with Crippen molar-refractivity contribution in [3.05, 3.63) is 0 Å². The second-order valence-corrected chi connectivity index (χ2v) is 6.87. The van der Waals surface area contributed by atoms with E-state index < -0.39 is 6.04 Å². The number of ether oxygens (including phenoxy) is 1. The molecular weight excluding hydrogens is 256 g/mol. The molecular formula is C15H26N2O3. The van der Waals surface area contributed by atoms with Gasteiger partial charge >= 0.3 is 0 Å². The van der Waals surface area contributed by atoms with E-state index in [0.29, 0.717) is 13.0 Å². The van der Waals surface area contributed by atoms with Crippen LogP contribution in [0.3, 0.4) is 0 Å². The minimum Gasteiger partial charge on any atom is -0.381 e. The van der Waals surface area contributed by atoms with E-state index >= 15 is 0 Å². The van der Waals surface area contributed by atoms with Gasteiger partial charge in [0.15, 0.2) is 0 Å². The van der Waals surface area contributed by atoms with Crippen molar-refractivity contribution in [1.29, 1.82) is 0 Å². The molecule has 1 heterocycles. The third-order valence-corrected chi connectivity index (χ3v) is 4.90. The van der Waals surface area contributed by atoms with Crippen molar-refractivity contribution >= 4 is 11.8 Å². The maximum atomic E-state index is 12.7. The summed E-state index contributed by atoms with van der Waals surface area (Å²) in [4.78, 5) is 26.4. The quantitative estimate of drug-likeness (QED) is 0.845. The third kappa shape index (κ3) is 2.43. The highest BCUT2D eigenvalue weighted by molar-refractivity contribution is 5.90. The highest BCUT2D eigenvalue weighted by Crippen LogP contribution is 2.46. The van der Waals surface area contributed by atoms with Gasteiger partial charge in [0.05, 0.1) is 6.10 Å². The average molecular weight is 282 g/mol. The van der Waals surface area contributed by atoms with Crippen LogP contribution in [0.2, 0.25) is 0 Å². The van der Waals surface area contributed by atoms with Gasteiger partial charge in [0.1, 0.15) is 6.04 Å². The van der Waals surface area contributed by atoms with E-state index in [4.69, 9.17) is 4.74 Å². The Labute approximate surface area is 121 Å². The maximum Gasteiger partial charge on any atom is 0.245 e. The van der Waals surface area contributed by atoms with Gasteiger partial charge in [-0.25, -0.2) is 0 Å². The smallest absolute Gasteiger partial charge is 0.245 e. The number of methoxy groups -OCH3 is 1. The van der Waals surface area contributed by atoms with Gasteiger partial charge in [-0.1, -0.05) is 27.7 Å². The number of carbonyl (C=O) groups is 2. The number of rotatable bonds is 3. The summed E-state index contributed by atoms with van der Waals surface area (Å²) >= 11 is 0. The molecule has 1 N–H and O–H groups in total. The highest BCUT2D eigenvalue weighted by atomic mass is 16.5. The van der Waals surface area contributed by atoms with E-state index in [-0.39, 0.29) is 35.3 Å². The van der Waals surface area contributed by atoms with Crippen molar-refractivity contribution in [3.8, 4) is 0 Å². The molecule has 2 rings (SSSR count). The first kappa shape index (κ1) is 15.3. The van der Waals surface area contributed by atoms with Crippen LogP contribution < -0.4 is 5.32 Å². The monoisotopic (exact) mass is 282 g/mol. The normalized spacial score (nSPS) is 33.7. The maximum absolute atomic E-state index is 12.7. The summed E-state index contributed by atoms with van der Waals surface area (Å²) < 4.78 is 5.46. The Bertz CT molecular complexity index is 406. The summed E-state index contributed by atoms with van der Waals surface area (Å²) in [6.45, 7) is 8.71. The molecule has 1 saturated carbocycles. The molecule has 20 heavy (non-hydrogen) atoms. The van der Waals surface area contributed by atoms with Crippen molar-refractivity contribution in [3.63, 3.8) is 0 Å². The largest absolute Gasteiger partial charge is 0.381 e. The fourth-order valence-electron chi connectivity index (χ4n) is 3.37. The highest BCUT2D eigenvalue weighted by Gasteiger charge is 2.53. The number of nitrogens with one attached hydrogen (secondary N) is 1. The first-order valence-electron chi connectivity index (χ1n) is 7.41. The molecule has 0 aromatic heterocycles. The molecule has 0 aromatic rings. The summed E-state index contributed by atoms with van der Waals surface area (Å²) in [5.74, 6) is 0.131. The van der Waals surface area contributed by atoms with Crippen molar-refractivity contribution in [2.75, 3.05) is 13.7 Å². The van der Waals surface area contributed by atoms with Gasteiger partial charge in [0, 0.05) is 31.5 Å². The van der Waals surface area contributed by atoms with E-state index in [0.717, 1.165) is 6.42 Å². The SMILES string of the molecule is COC1CC(N2CCC(=O)NC(C(C)C)C2=O)C1(C)C. The number of hydrogen-bond donors (Lipinski definition) is 1. The van der Waals surface area contributed by atoms with Crippen LogP contribution in [0.4, 0.5) is 0 Å². The van der Waals surface area contributed by atoms with Crippen molar-refractivity contribution in [2.24, 2.45) is 11.3 Å². The van der Waals surface area contributed by atoms with Crippen molar-refractivity contribution in [1.82, 2.24) is 10.2 Å². The molecule has 0 radical (unpaired) electrons. The van der Waals surface area contributed by atoms with Gasteiger partial charge in [-0.3, -0.25) is 9.59 Å². The molecule has 0 spiro atoms. The molecule has 2 amide bonds. The third-order valence-electron chi connectivity index (χ3n) is 4.90. The zero-order valence-corrected chi connectivity index (χ0v) is 13.1. The lowest BCUT2D eigenvalue weighted by molar-refractivity contribution is -0.163. The molecule has 1 saturated heterocycles. The molecule has 2 aliphatic rings. The minimum absolute atomic E-state index is 0.0278. The lowest BCUT2D eigenvalue weighted by Gasteiger charge is -2.55. The fraction of sp³-hybridized carbons (Fsp3) is 0.867. The van der Waals surface area contributed by atoms with Gasteiger partial charge in [-0.15, -0.1) is 0 Å². The van der Waals surface area contributed by atoms with Crippen LogP contribution in [-0.2, 0) is 14.3 Å². The Morgan fingerprint density at radius 2 is 2.00 bits per heavy atom. The molecule has 3 atom stereocenters. The molecule has 0 aromatic carbocycles.